The Kier molecular flexibility index (Phi) is 8.48. The Morgan fingerprint density at radius 3 is 2.37 bits per heavy atom. The van der Waals surface area contributed by atoms with Crippen molar-refractivity contribution in [3.05, 3.63) is 95.1 Å². The van der Waals surface area contributed by atoms with Gasteiger partial charge < -0.3 is 24.4 Å². The lowest BCUT2D eigenvalue weighted by Gasteiger charge is -2.27. The van der Waals surface area contributed by atoms with Gasteiger partial charge in [0.05, 0.1) is 18.2 Å². The van der Waals surface area contributed by atoms with E-state index < -0.39 is 17.7 Å². The Balaban J connectivity index is 1.78. The highest BCUT2D eigenvalue weighted by Crippen LogP contribution is 2.41. The number of aliphatic hydroxyl groups is 1. The van der Waals surface area contributed by atoms with Gasteiger partial charge in [0.15, 0.2) is 0 Å². The predicted molar refractivity (Wildman–Crippen MR) is 147 cm³/mol. The fourth-order valence-electron chi connectivity index (χ4n) is 4.49. The number of carbonyl (C=O) groups excluding carboxylic acids is 2. The maximum absolute atomic E-state index is 13.4. The first-order chi connectivity index (χ1) is 18.3. The lowest BCUT2D eigenvalue weighted by molar-refractivity contribution is -0.140. The van der Waals surface area contributed by atoms with Crippen molar-refractivity contribution in [2.24, 2.45) is 0 Å². The van der Waals surface area contributed by atoms with E-state index in [0.717, 1.165) is 12.0 Å². The molecule has 0 aliphatic carbocycles. The molecule has 1 atom stereocenters. The largest absolute Gasteiger partial charge is 0.507 e. The van der Waals surface area contributed by atoms with Gasteiger partial charge in [0.1, 0.15) is 23.0 Å². The quantitative estimate of drug-likeness (QED) is 0.217. The van der Waals surface area contributed by atoms with Crippen LogP contribution < -0.4 is 9.47 Å². The van der Waals surface area contributed by atoms with Gasteiger partial charge in [0.25, 0.3) is 11.7 Å². The van der Waals surface area contributed by atoms with Crippen molar-refractivity contribution >= 4 is 17.4 Å². The highest BCUT2D eigenvalue weighted by molar-refractivity contribution is 6.46. The number of hydrogen-bond donors (Lipinski definition) is 1. The Morgan fingerprint density at radius 2 is 1.68 bits per heavy atom. The Hall–Kier alpha value is -4.10. The van der Waals surface area contributed by atoms with Gasteiger partial charge in [-0.2, -0.15) is 0 Å². The topological polar surface area (TPSA) is 79.3 Å². The summed E-state index contributed by atoms with van der Waals surface area (Å²) >= 11 is 0. The number of amides is 1. The van der Waals surface area contributed by atoms with Crippen molar-refractivity contribution in [3.8, 4) is 17.2 Å². The fraction of sp³-hybridized carbons (Fsp3) is 0.290. The highest BCUT2D eigenvalue weighted by atomic mass is 16.5. The number of Topliss-reactive ketones (excluding diaryl/α,β-unsaturated/α-hetero) is 1. The molecule has 4 rings (SSSR count). The number of ketones is 1. The molecule has 1 unspecified atom stereocenters. The van der Waals surface area contributed by atoms with Gasteiger partial charge in [0, 0.05) is 18.7 Å². The minimum absolute atomic E-state index is 0.0657. The monoisotopic (exact) mass is 514 g/mol. The third-order valence-corrected chi connectivity index (χ3v) is 6.41. The van der Waals surface area contributed by atoms with Crippen molar-refractivity contribution in [2.75, 3.05) is 33.8 Å². The molecule has 3 aromatic rings. The zero-order valence-corrected chi connectivity index (χ0v) is 22.3. The summed E-state index contributed by atoms with van der Waals surface area (Å²) in [5.74, 6) is 0.400. The minimum Gasteiger partial charge on any atom is -0.507 e. The van der Waals surface area contributed by atoms with Crippen LogP contribution in [0.4, 0.5) is 0 Å². The molecule has 1 aliphatic heterocycles. The van der Waals surface area contributed by atoms with E-state index in [0.29, 0.717) is 48.1 Å². The molecule has 0 saturated carbocycles. The normalized spacial score (nSPS) is 16.8. The lowest BCUT2D eigenvalue weighted by atomic mass is 9.93. The van der Waals surface area contributed by atoms with E-state index in [1.54, 1.807) is 12.1 Å². The number of carbonyl (C=O) groups is 2. The smallest absolute Gasteiger partial charge is 0.295 e. The lowest BCUT2D eigenvalue weighted by Crippen LogP contribution is -2.35. The zero-order valence-electron chi connectivity index (χ0n) is 22.3. The number of hydrogen-bond acceptors (Lipinski definition) is 6. The van der Waals surface area contributed by atoms with Crippen LogP contribution in [0.5, 0.6) is 17.2 Å². The number of para-hydroxylation sites is 1. The van der Waals surface area contributed by atoms with E-state index in [9.17, 15) is 14.7 Å². The average Bonchev–Trinajstić information content (AvgIpc) is 3.16. The maximum Gasteiger partial charge on any atom is 0.295 e. The summed E-state index contributed by atoms with van der Waals surface area (Å²) in [6.07, 6.45) is 0.879. The molecule has 1 aliphatic rings. The second kappa shape index (κ2) is 12.0. The fourth-order valence-corrected chi connectivity index (χ4v) is 4.49. The molecule has 1 N–H and O–H groups in total. The van der Waals surface area contributed by atoms with Crippen LogP contribution >= 0.6 is 0 Å². The molecule has 3 aromatic carbocycles. The third kappa shape index (κ3) is 5.89. The van der Waals surface area contributed by atoms with Crippen LogP contribution in [-0.4, -0.2) is 60.4 Å². The number of nitrogens with zero attached hydrogens (tertiary/aromatic N) is 2. The number of rotatable bonds is 10. The zero-order chi connectivity index (χ0) is 27.2. The third-order valence-electron chi connectivity index (χ3n) is 6.41. The van der Waals surface area contributed by atoms with Gasteiger partial charge in [-0.3, -0.25) is 9.59 Å². The molecule has 0 aromatic heterocycles. The van der Waals surface area contributed by atoms with Gasteiger partial charge in [-0.05, 0) is 81.0 Å². The second-order valence-electron chi connectivity index (χ2n) is 9.61. The summed E-state index contributed by atoms with van der Waals surface area (Å²) in [4.78, 5) is 30.1. The molecular formula is C31H34N2O5. The van der Waals surface area contributed by atoms with Crippen molar-refractivity contribution < 1.29 is 24.2 Å². The Bertz CT molecular complexity index is 1330. The summed E-state index contributed by atoms with van der Waals surface area (Å²) in [7, 11) is 3.82. The molecule has 0 radical (unpaired) electrons. The second-order valence-corrected chi connectivity index (χ2v) is 9.61. The van der Waals surface area contributed by atoms with Crippen LogP contribution in [0.3, 0.4) is 0 Å². The highest BCUT2D eigenvalue weighted by Gasteiger charge is 2.46. The number of aliphatic hydroxyl groups excluding tert-OH is 1. The van der Waals surface area contributed by atoms with Crippen molar-refractivity contribution in [1.29, 1.82) is 0 Å². The van der Waals surface area contributed by atoms with Gasteiger partial charge >= 0.3 is 0 Å². The van der Waals surface area contributed by atoms with E-state index >= 15 is 0 Å². The van der Waals surface area contributed by atoms with Crippen LogP contribution in [0, 0.1) is 6.92 Å². The molecule has 1 saturated heterocycles. The van der Waals surface area contributed by atoms with E-state index in [4.69, 9.17) is 9.47 Å². The predicted octanol–water partition coefficient (Wildman–Crippen LogP) is 5.56. The summed E-state index contributed by atoms with van der Waals surface area (Å²) in [6.45, 7) is 5.35. The summed E-state index contributed by atoms with van der Waals surface area (Å²) < 4.78 is 11.7. The number of likely N-dealkylation sites (tertiary alicyclic amines) is 1. The van der Waals surface area contributed by atoms with Crippen LogP contribution in [0.1, 0.15) is 36.1 Å². The molecule has 198 valence electrons. The van der Waals surface area contributed by atoms with Crippen LogP contribution in [0.15, 0.2) is 78.4 Å². The SMILES string of the molecule is CCCOc1ccc(C(O)=C2C(=O)C(=O)N(CCN(C)C)C2c2cccc(Oc3ccccc3)c2)c(C)c1. The van der Waals surface area contributed by atoms with Crippen LogP contribution in [0.25, 0.3) is 5.76 Å². The number of ether oxygens (including phenoxy) is 2. The van der Waals surface area contributed by atoms with Gasteiger partial charge in [-0.1, -0.05) is 37.3 Å². The van der Waals surface area contributed by atoms with E-state index in [2.05, 4.69) is 0 Å². The summed E-state index contributed by atoms with van der Waals surface area (Å²) in [5, 5.41) is 11.5. The van der Waals surface area contributed by atoms with E-state index in [1.807, 2.05) is 93.5 Å². The van der Waals surface area contributed by atoms with Gasteiger partial charge in [-0.15, -0.1) is 0 Å². The molecule has 0 bridgehead atoms. The Labute approximate surface area is 223 Å². The van der Waals surface area contributed by atoms with E-state index in [1.165, 1.54) is 4.90 Å². The van der Waals surface area contributed by atoms with Gasteiger partial charge in [-0.25, -0.2) is 0 Å². The molecule has 1 fully saturated rings. The first kappa shape index (κ1) is 26.9. The number of benzene rings is 3. The number of likely N-dealkylation sites (N-methyl/N-ethyl adjacent to an activating group) is 1. The first-order valence-electron chi connectivity index (χ1n) is 12.8. The molecule has 38 heavy (non-hydrogen) atoms. The molecule has 1 amide bonds. The summed E-state index contributed by atoms with van der Waals surface area (Å²) in [5.41, 5.74) is 1.98. The number of aryl methyl sites for hydroxylation is 1. The standard InChI is InChI=1S/C31H34N2O5/c1-5-18-37-24-14-15-26(21(2)19-24)29(34)27-28(33(17-16-32(3)4)31(36)30(27)35)22-10-9-13-25(20-22)38-23-11-7-6-8-12-23/h6-15,19-20,28,34H,5,16-18H2,1-4H3. The van der Waals surface area contributed by atoms with Crippen molar-refractivity contribution in [3.63, 3.8) is 0 Å². The molecule has 7 heteroatoms. The van der Waals surface area contributed by atoms with Crippen molar-refractivity contribution in [2.45, 2.75) is 26.3 Å². The van der Waals surface area contributed by atoms with Crippen molar-refractivity contribution in [1.82, 2.24) is 9.80 Å². The molecule has 1 heterocycles. The van der Waals surface area contributed by atoms with Crippen LogP contribution in [0.2, 0.25) is 0 Å². The Morgan fingerprint density at radius 1 is 0.947 bits per heavy atom. The average molecular weight is 515 g/mol. The van der Waals surface area contributed by atoms with Gasteiger partial charge in [0.2, 0.25) is 0 Å². The minimum atomic E-state index is -0.760. The summed E-state index contributed by atoms with van der Waals surface area (Å²) in [6, 6.07) is 21.3. The maximum atomic E-state index is 13.4. The molecular weight excluding hydrogens is 480 g/mol. The van der Waals surface area contributed by atoms with Crippen LogP contribution in [-0.2, 0) is 9.59 Å². The van der Waals surface area contributed by atoms with E-state index in [-0.39, 0.29) is 11.3 Å². The first-order valence-corrected chi connectivity index (χ1v) is 12.8. The molecule has 0 spiro atoms. The molecule has 7 nitrogen and oxygen atoms in total.